The number of anilines is 1. The third kappa shape index (κ3) is 1.89. The largest absolute Gasteiger partial charge is 0.367 e. The van der Waals surface area contributed by atoms with Crippen LogP contribution in [0.15, 0.2) is 41.4 Å². The fraction of sp³-hybridized carbons (Fsp3) is 0.231. The fourth-order valence-corrected chi connectivity index (χ4v) is 2.59. The van der Waals surface area contributed by atoms with Crippen LogP contribution in [0.2, 0.25) is 0 Å². The van der Waals surface area contributed by atoms with Crippen molar-refractivity contribution < 1.29 is 0 Å². The number of hydrogen-bond acceptors (Lipinski definition) is 3. The molecule has 1 aromatic carbocycles. The summed E-state index contributed by atoms with van der Waals surface area (Å²) in [6, 6.07) is 8.50. The van der Waals surface area contributed by atoms with Crippen molar-refractivity contribution in [3.05, 3.63) is 47.0 Å². The Hall–Kier alpha value is -1.80. The maximum atomic E-state index is 8.88. The van der Waals surface area contributed by atoms with E-state index >= 15 is 0 Å². The van der Waals surface area contributed by atoms with Crippen LogP contribution in [0.1, 0.15) is 11.6 Å². The van der Waals surface area contributed by atoms with Gasteiger partial charge in [-0.2, -0.15) is 5.26 Å². The molecule has 0 unspecified atom stereocenters. The Labute approximate surface area is 114 Å². The molecule has 1 aliphatic heterocycles. The minimum Gasteiger partial charge on any atom is -0.367 e. The van der Waals surface area contributed by atoms with Gasteiger partial charge in [0.05, 0.1) is 17.9 Å². The average Bonchev–Trinajstić information content (AvgIpc) is 2.81. The highest BCUT2D eigenvalue weighted by Gasteiger charge is 2.28. The monoisotopic (exact) mass is 302 g/mol. The molecule has 2 aromatic rings. The first-order valence-electron chi connectivity index (χ1n) is 5.70. The van der Waals surface area contributed by atoms with Gasteiger partial charge in [0, 0.05) is 35.6 Å². The number of halogens is 1. The number of rotatable bonds is 2. The zero-order valence-electron chi connectivity index (χ0n) is 9.62. The second-order valence-electron chi connectivity index (χ2n) is 4.34. The maximum absolute atomic E-state index is 8.88. The fourth-order valence-electron chi connectivity index (χ4n) is 2.13. The molecule has 0 radical (unpaired) electrons. The topological polar surface area (TPSA) is 44.9 Å². The lowest BCUT2D eigenvalue weighted by molar-refractivity contribution is 0.399. The Balaban J connectivity index is 1.72. The van der Waals surface area contributed by atoms with Gasteiger partial charge in [-0.15, -0.1) is 0 Å². The van der Waals surface area contributed by atoms with Crippen molar-refractivity contribution in [3.8, 4) is 6.07 Å². The molecule has 5 heteroatoms. The SMILES string of the molecule is N#Cc1ccc(N2CC(n3ccnc3)C2)cc1Br. The van der Waals surface area contributed by atoms with Crippen LogP contribution in [0.3, 0.4) is 0 Å². The zero-order chi connectivity index (χ0) is 12.5. The van der Waals surface area contributed by atoms with Crippen LogP contribution >= 0.6 is 15.9 Å². The van der Waals surface area contributed by atoms with E-state index in [2.05, 4.69) is 36.5 Å². The molecule has 90 valence electrons. The van der Waals surface area contributed by atoms with Gasteiger partial charge in [0.15, 0.2) is 0 Å². The van der Waals surface area contributed by atoms with Gasteiger partial charge in [0.1, 0.15) is 6.07 Å². The predicted octanol–water partition coefficient (Wildman–Crippen LogP) is 2.58. The number of aromatic nitrogens is 2. The summed E-state index contributed by atoms with van der Waals surface area (Å²) in [5, 5.41) is 8.88. The van der Waals surface area contributed by atoms with Gasteiger partial charge in [-0.1, -0.05) is 0 Å². The first-order valence-corrected chi connectivity index (χ1v) is 6.49. The van der Waals surface area contributed by atoms with E-state index in [4.69, 9.17) is 5.26 Å². The quantitative estimate of drug-likeness (QED) is 0.856. The van der Waals surface area contributed by atoms with E-state index in [-0.39, 0.29) is 0 Å². The van der Waals surface area contributed by atoms with Crippen molar-refractivity contribution in [2.24, 2.45) is 0 Å². The van der Waals surface area contributed by atoms with Crippen LogP contribution in [0.5, 0.6) is 0 Å². The number of imidazole rings is 1. The second kappa shape index (κ2) is 4.46. The van der Waals surface area contributed by atoms with Gasteiger partial charge >= 0.3 is 0 Å². The predicted molar refractivity (Wildman–Crippen MR) is 72.3 cm³/mol. The molecular weight excluding hydrogens is 292 g/mol. The molecule has 1 fully saturated rings. The van der Waals surface area contributed by atoms with Crippen LogP contribution in [0, 0.1) is 11.3 Å². The number of nitrogens with zero attached hydrogens (tertiary/aromatic N) is 4. The molecule has 2 heterocycles. The lowest BCUT2D eigenvalue weighted by Gasteiger charge is -2.41. The molecule has 0 spiro atoms. The molecule has 3 rings (SSSR count). The van der Waals surface area contributed by atoms with E-state index in [1.807, 2.05) is 30.7 Å². The maximum Gasteiger partial charge on any atom is 0.100 e. The van der Waals surface area contributed by atoms with Crippen molar-refractivity contribution in [2.75, 3.05) is 18.0 Å². The minimum absolute atomic E-state index is 0.502. The van der Waals surface area contributed by atoms with Crippen molar-refractivity contribution in [3.63, 3.8) is 0 Å². The van der Waals surface area contributed by atoms with Gasteiger partial charge in [-0.25, -0.2) is 4.98 Å². The van der Waals surface area contributed by atoms with E-state index in [0.29, 0.717) is 11.6 Å². The lowest BCUT2D eigenvalue weighted by atomic mass is 10.1. The summed E-state index contributed by atoms with van der Waals surface area (Å²) < 4.78 is 2.99. The Morgan fingerprint density at radius 2 is 2.22 bits per heavy atom. The summed E-state index contributed by atoms with van der Waals surface area (Å²) in [6.45, 7) is 1.96. The lowest BCUT2D eigenvalue weighted by Crippen LogP contribution is -2.47. The molecule has 0 N–H and O–H groups in total. The van der Waals surface area contributed by atoms with E-state index in [1.165, 1.54) is 0 Å². The summed E-state index contributed by atoms with van der Waals surface area (Å²) in [5.41, 5.74) is 1.82. The average molecular weight is 303 g/mol. The molecule has 18 heavy (non-hydrogen) atoms. The van der Waals surface area contributed by atoms with Crippen LogP contribution in [0.4, 0.5) is 5.69 Å². The highest BCUT2D eigenvalue weighted by atomic mass is 79.9. The molecule has 0 atom stereocenters. The van der Waals surface area contributed by atoms with Gasteiger partial charge < -0.3 is 9.47 Å². The standard InChI is InChI=1S/C13H11BrN4/c14-13-5-11(2-1-10(13)6-15)18-7-12(8-18)17-4-3-16-9-17/h1-5,9,12H,7-8H2. The van der Waals surface area contributed by atoms with Crippen molar-refractivity contribution in [1.29, 1.82) is 5.26 Å². The third-order valence-corrected chi connectivity index (χ3v) is 3.90. The molecule has 0 aliphatic carbocycles. The molecule has 0 bridgehead atoms. The smallest absolute Gasteiger partial charge is 0.100 e. The van der Waals surface area contributed by atoms with Gasteiger partial charge in [-0.3, -0.25) is 0 Å². The Morgan fingerprint density at radius 3 is 2.83 bits per heavy atom. The molecular formula is C13H11BrN4. The summed E-state index contributed by atoms with van der Waals surface area (Å²) in [4.78, 5) is 6.35. The van der Waals surface area contributed by atoms with Crippen LogP contribution in [-0.4, -0.2) is 22.6 Å². The van der Waals surface area contributed by atoms with Gasteiger partial charge in [-0.05, 0) is 34.1 Å². The number of benzene rings is 1. The number of hydrogen-bond donors (Lipinski definition) is 0. The van der Waals surface area contributed by atoms with Crippen LogP contribution in [-0.2, 0) is 0 Å². The van der Waals surface area contributed by atoms with Gasteiger partial charge in [0.2, 0.25) is 0 Å². The first kappa shape index (κ1) is 11.3. The van der Waals surface area contributed by atoms with E-state index < -0.39 is 0 Å². The summed E-state index contributed by atoms with van der Waals surface area (Å²) in [7, 11) is 0. The summed E-state index contributed by atoms with van der Waals surface area (Å²) in [6.07, 6.45) is 5.66. The van der Waals surface area contributed by atoms with E-state index in [0.717, 1.165) is 23.2 Å². The first-order chi connectivity index (χ1) is 8.78. The second-order valence-corrected chi connectivity index (χ2v) is 5.20. The Kier molecular flexibility index (Phi) is 2.80. The highest BCUT2D eigenvalue weighted by molar-refractivity contribution is 9.10. The molecule has 1 aromatic heterocycles. The van der Waals surface area contributed by atoms with Crippen molar-refractivity contribution in [2.45, 2.75) is 6.04 Å². The van der Waals surface area contributed by atoms with E-state index in [9.17, 15) is 0 Å². The summed E-state index contributed by atoms with van der Waals surface area (Å²) in [5.74, 6) is 0. The van der Waals surface area contributed by atoms with Crippen LogP contribution in [0.25, 0.3) is 0 Å². The van der Waals surface area contributed by atoms with Gasteiger partial charge in [0.25, 0.3) is 0 Å². The van der Waals surface area contributed by atoms with Crippen molar-refractivity contribution in [1.82, 2.24) is 9.55 Å². The summed E-state index contributed by atoms with van der Waals surface area (Å²) >= 11 is 3.42. The Morgan fingerprint density at radius 1 is 1.39 bits per heavy atom. The van der Waals surface area contributed by atoms with E-state index in [1.54, 1.807) is 6.20 Å². The molecule has 4 nitrogen and oxygen atoms in total. The minimum atomic E-state index is 0.502. The normalized spacial score (nSPS) is 15.2. The van der Waals surface area contributed by atoms with Crippen LogP contribution < -0.4 is 4.90 Å². The molecule has 0 saturated carbocycles. The number of nitriles is 1. The molecule has 1 saturated heterocycles. The highest BCUT2D eigenvalue weighted by Crippen LogP contribution is 2.30. The zero-order valence-corrected chi connectivity index (χ0v) is 11.2. The Bertz CT molecular complexity index is 594. The van der Waals surface area contributed by atoms with Crippen molar-refractivity contribution >= 4 is 21.6 Å². The molecule has 0 amide bonds. The third-order valence-electron chi connectivity index (χ3n) is 3.25. The molecule has 1 aliphatic rings.